The summed E-state index contributed by atoms with van der Waals surface area (Å²) in [5, 5.41) is 9.35. The monoisotopic (exact) mass is 291 g/mol. The third-order valence-electron chi connectivity index (χ3n) is 2.86. The number of nitrogens with one attached hydrogen (secondary N) is 2. The minimum Gasteiger partial charge on any atom is -0.472 e. The van der Waals surface area contributed by atoms with Crippen LogP contribution in [-0.2, 0) is 11.3 Å². The summed E-state index contributed by atoms with van der Waals surface area (Å²) >= 11 is 0. The molecule has 2 N–H and O–H groups in total. The standard InChI is InChI=1S/C13H17N5O3/c1-9-15-11(17-16-9)7-18(2)12(19)3-5-14-13(20)10-4-6-21-8-10/h4,6,8H,3,5,7H2,1-2H3,(H,14,20)(H,15,16,17). The van der Waals surface area contributed by atoms with Gasteiger partial charge in [0.25, 0.3) is 5.91 Å². The molecule has 0 unspecified atom stereocenters. The van der Waals surface area contributed by atoms with Crippen LogP contribution in [-0.4, -0.2) is 45.5 Å². The Hall–Kier alpha value is -2.64. The molecule has 0 aliphatic rings. The molecule has 0 atom stereocenters. The number of amides is 2. The van der Waals surface area contributed by atoms with Crippen LogP contribution in [0.4, 0.5) is 0 Å². The van der Waals surface area contributed by atoms with E-state index >= 15 is 0 Å². The van der Waals surface area contributed by atoms with Gasteiger partial charge in [-0.05, 0) is 13.0 Å². The van der Waals surface area contributed by atoms with Crippen LogP contribution < -0.4 is 5.32 Å². The lowest BCUT2D eigenvalue weighted by atomic mass is 10.3. The van der Waals surface area contributed by atoms with Crippen molar-refractivity contribution >= 4 is 11.8 Å². The summed E-state index contributed by atoms with van der Waals surface area (Å²) in [5.74, 6) is 0.915. The van der Waals surface area contributed by atoms with Crippen molar-refractivity contribution in [3.8, 4) is 0 Å². The Labute approximate surface area is 121 Å². The fourth-order valence-corrected chi connectivity index (χ4v) is 1.73. The molecular weight excluding hydrogens is 274 g/mol. The molecule has 8 nitrogen and oxygen atoms in total. The molecule has 112 valence electrons. The first kappa shape index (κ1) is 14.8. The first-order valence-corrected chi connectivity index (χ1v) is 6.48. The zero-order chi connectivity index (χ0) is 15.2. The third kappa shape index (κ3) is 4.16. The van der Waals surface area contributed by atoms with E-state index in [0.29, 0.717) is 23.8 Å². The van der Waals surface area contributed by atoms with Crippen LogP contribution >= 0.6 is 0 Å². The van der Waals surface area contributed by atoms with Gasteiger partial charge in [0.2, 0.25) is 5.91 Å². The van der Waals surface area contributed by atoms with Gasteiger partial charge in [-0.1, -0.05) is 0 Å². The summed E-state index contributed by atoms with van der Waals surface area (Å²) in [7, 11) is 1.67. The molecule has 0 aliphatic heterocycles. The van der Waals surface area contributed by atoms with E-state index in [1.54, 1.807) is 20.0 Å². The fraction of sp³-hybridized carbons (Fsp3) is 0.385. The largest absolute Gasteiger partial charge is 0.472 e. The summed E-state index contributed by atoms with van der Waals surface area (Å²) in [6.07, 6.45) is 2.99. The summed E-state index contributed by atoms with van der Waals surface area (Å²) in [5.41, 5.74) is 0.437. The molecule has 2 aromatic heterocycles. The van der Waals surface area contributed by atoms with Crippen molar-refractivity contribution in [1.29, 1.82) is 0 Å². The molecule has 2 aromatic rings. The van der Waals surface area contributed by atoms with E-state index in [2.05, 4.69) is 20.5 Å². The molecule has 0 saturated carbocycles. The van der Waals surface area contributed by atoms with Gasteiger partial charge in [0, 0.05) is 20.0 Å². The second kappa shape index (κ2) is 6.69. The second-order valence-corrected chi connectivity index (χ2v) is 4.60. The van der Waals surface area contributed by atoms with E-state index in [-0.39, 0.29) is 24.8 Å². The summed E-state index contributed by atoms with van der Waals surface area (Å²) in [6, 6.07) is 1.56. The number of hydrogen-bond donors (Lipinski definition) is 2. The van der Waals surface area contributed by atoms with Crippen LogP contribution in [0.1, 0.15) is 28.4 Å². The average Bonchev–Trinajstić information content (AvgIpc) is 3.10. The fourth-order valence-electron chi connectivity index (χ4n) is 1.73. The predicted molar refractivity (Wildman–Crippen MR) is 73.3 cm³/mol. The molecular formula is C13H17N5O3. The van der Waals surface area contributed by atoms with Gasteiger partial charge in [-0.3, -0.25) is 14.7 Å². The third-order valence-corrected chi connectivity index (χ3v) is 2.86. The molecule has 0 saturated heterocycles. The normalized spacial score (nSPS) is 10.4. The van der Waals surface area contributed by atoms with Gasteiger partial charge in [-0.25, -0.2) is 4.98 Å². The minimum absolute atomic E-state index is 0.0926. The number of aromatic nitrogens is 3. The zero-order valence-corrected chi connectivity index (χ0v) is 11.9. The lowest BCUT2D eigenvalue weighted by molar-refractivity contribution is -0.130. The number of rotatable bonds is 6. The van der Waals surface area contributed by atoms with Crippen molar-refractivity contribution in [1.82, 2.24) is 25.4 Å². The zero-order valence-electron chi connectivity index (χ0n) is 11.9. The Morgan fingerprint density at radius 3 is 2.90 bits per heavy atom. The Morgan fingerprint density at radius 2 is 2.29 bits per heavy atom. The van der Waals surface area contributed by atoms with E-state index in [4.69, 9.17) is 4.42 Å². The summed E-state index contributed by atoms with van der Waals surface area (Å²) in [4.78, 5) is 29.2. The van der Waals surface area contributed by atoms with Crippen molar-refractivity contribution in [2.24, 2.45) is 0 Å². The highest BCUT2D eigenvalue weighted by Gasteiger charge is 2.12. The molecule has 21 heavy (non-hydrogen) atoms. The molecule has 0 spiro atoms. The Morgan fingerprint density at radius 1 is 1.48 bits per heavy atom. The van der Waals surface area contributed by atoms with E-state index in [9.17, 15) is 9.59 Å². The molecule has 2 heterocycles. The Balaban J connectivity index is 1.72. The maximum absolute atomic E-state index is 11.9. The summed E-state index contributed by atoms with van der Waals surface area (Å²) < 4.78 is 4.82. The Bertz CT molecular complexity index is 605. The Kier molecular flexibility index (Phi) is 4.70. The van der Waals surface area contributed by atoms with Gasteiger partial charge in [-0.15, -0.1) is 0 Å². The second-order valence-electron chi connectivity index (χ2n) is 4.60. The van der Waals surface area contributed by atoms with Crippen LogP contribution in [0.5, 0.6) is 0 Å². The SMILES string of the molecule is Cc1nc(CN(C)C(=O)CCNC(=O)c2ccoc2)n[nH]1. The molecule has 0 fully saturated rings. The van der Waals surface area contributed by atoms with Crippen molar-refractivity contribution in [2.45, 2.75) is 19.9 Å². The van der Waals surface area contributed by atoms with Crippen molar-refractivity contribution in [2.75, 3.05) is 13.6 Å². The number of carbonyl (C=O) groups is 2. The highest BCUT2D eigenvalue weighted by Crippen LogP contribution is 2.01. The molecule has 0 aliphatic carbocycles. The predicted octanol–water partition coefficient (Wildman–Crippen LogP) is 0.485. The van der Waals surface area contributed by atoms with Crippen LogP contribution in [0.3, 0.4) is 0 Å². The number of aryl methyl sites for hydroxylation is 1. The molecule has 2 rings (SSSR count). The van der Waals surface area contributed by atoms with Gasteiger partial charge in [0.1, 0.15) is 12.1 Å². The molecule has 0 aromatic carbocycles. The van der Waals surface area contributed by atoms with Crippen molar-refractivity contribution in [3.05, 3.63) is 35.8 Å². The molecule has 8 heteroatoms. The number of furan rings is 1. The number of hydrogen-bond acceptors (Lipinski definition) is 5. The van der Waals surface area contributed by atoms with Crippen LogP contribution in [0, 0.1) is 6.92 Å². The van der Waals surface area contributed by atoms with Gasteiger partial charge < -0.3 is 14.6 Å². The van der Waals surface area contributed by atoms with E-state index in [1.165, 1.54) is 17.4 Å². The van der Waals surface area contributed by atoms with E-state index in [1.807, 2.05) is 0 Å². The maximum Gasteiger partial charge on any atom is 0.254 e. The lowest BCUT2D eigenvalue weighted by Crippen LogP contribution is -2.32. The van der Waals surface area contributed by atoms with Crippen molar-refractivity contribution in [3.63, 3.8) is 0 Å². The summed E-state index contributed by atoms with van der Waals surface area (Å²) in [6.45, 7) is 2.39. The van der Waals surface area contributed by atoms with Gasteiger partial charge in [0.15, 0.2) is 5.82 Å². The lowest BCUT2D eigenvalue weighted by Gasteiger charge is -2.15. The first-order valence-electron chi connectivity index (χ1n) is 6.48. The highest BCUT2D eigenvalue weighted by molar-refractivity contribution is 5.93. The first-order chi connectivity index (χ1) is 10.1. The molecule has 0 bridgehead atoms. The number of nitrogens with zero attached hydrogens (tertiary/aromatic N) is 3. The van der Waals surface area contributed by atoms with Crippen LogP contribution in [0.25, 0.3) is 0 Å². The van der Waals surface area contributed by atoms with Crippen LogP contribution in [0.15, 0.2) is 23.0 Å². The minimum atomic E-state index is -0.260. The molecule has 0 radical (unpaired) electrons. The number of carbonyl (C=O) groups excluding carboxylic acids is 2. The maximum atomic E-state index is 11.9. The number of H-pyrrole nitrogens is 1. The highest BCUT2D eigenvalue weighted by atomic mass is 16.3. The van der Waals surface area contributed by atoms with Crippen molar-refractivity contribution < 1.29 is 14.0 Å². The quantitative estimate of drug-likeness (QED) is 0.805. The van der Waals surface area contributed by atoms with E-state index in [0.717, 1.165) is 0 Å². The van der Waals surface area contributed by atoms with Gasteiger partial charge in [-0.2, -0.15) is 5.10 Å². The van der Waals surface area contributed by atoms with Gasteiger partial charge in [0.05, 0.1) is 18.4 Å². The topological polar surface area (TPSA) is 104 Å². The number of aromatic amines is 1. The molecule has 2 amide bonds. The van der Waals surface area contributed by atoms with E-state index < -0.39 is 0 Å². The smallest absolute Gasteiger partial charge is 0.254 e. The average molecular weight is 291 g/mol. The van der Waals surface area contributed by atoms with Crippen LogP contribution in [0.2, 0.25) is 0 Å². The van der Waals surface area contributed by atoms with Gasteiger partial charge >= 0.3 is 0 Å².